The molecule has 1 aromatic carbocycles. The number of amides is 1. The van der Waals surface area contributed by atoms with E-state index < -0.39 is 0 Å². The van der Waals surface area contributed by atoms with Crippen LogP contribution in [-0.4, -0.2) is 27.6 Å². The number of hydrogen-bond acceptors (Lipinski definition) is 7. The van der Waals surface area contributed by atoms with Gasteiger partial charge in [-0.15, -0.1) is 11.3 Å². The van der Waals surface area contributed by atoms with Crippen molar-refractivity contribution < 1.29 is 14.1 Å². The maximum absolute atomic E-state index is 12.6. The first-order chi connectivity index (χ1) is 14.1. The molecule has 0 aliphatic heterocycles. The number of benzene rings is 1. The predicted octanol–water partition coefficient (Wildman–Crippen LogP) is 4.74. The summed E-state index contributed by atoms with van der Waals surface area (Å²) in [6, 6.07) is 7.31. The second-order valence-corrected chi connectivity index (χ2v) is 8.02. The second-order valence-electron chi connectivity index (χ2n) is 7.16. The van der Waals surface area contributed by atoms with E-state index in [4.69, 9.17) is 9.26 Å². The Morgan fingerprint density at radius 1 is 1.28 bits per heavy atom. The lowest BCUT2D eigenvalue weighted by molar-refractivity contribution is 0.0928. The van der Waals surface area contributed by atoms with Gasteiger partial charge in [-0.2, -0.15) is 4.98 Å². The van der Waals surface area contributed by atoms with Gasteiger partial charge in [0.2, 0.25) is 5.89 Å². The van der Waals surface area contributed by atoms with Gasteiger partial charge >= 0.3 is 0 Å². The van der Waals surface area contributed by atoms with Crippen LogP contribution >= 0.6 is 11.3 Å². The van der Waals surface area contributed by atoms with Crippen molar-refractivity contribution in [2.75, 3.05) is 6.61 Å². The zero-order chi connectivity index (χ0) is 20.2. The normalized spacial score (nSPS) is 15.4. The van der Waals surface area contributed by atoms with Crippen molar-refractivity contribution in [1.82, 2.24) is 20.4 Å². The minimum absolute atomic E-state index is 0.258. The lowest BCUT2D eigenvalue weighted by Gasteiger charge is -2.08. The Morgan fingerprint density at radius 3 is 2.76 bits per heavy atom. The van der Waals surface area contributed by atoms with Crippen LogP contribution in [0, 0.1) is 0 Å². The van der Waals surface area contributed by atoms with E-state index in [1.54, 1.807) is 5.38 Å². The monoisotopic (exact) mass is 412 g/mol. The Hall–Kier alpha value is -2.74. The predicted molar refractivity (Wildman–Crippen MR) is 110 cm³/mol. The summed E-state index contributed by atoms with van der Waals surface area (Å²) in [4.78, 5) is 21.6. The maximum Gasteiger partial charge on any atom is 0.271 e. The number of ether oxygens (including phenoxy) is 1. The summed E-state index contributed by atoms with van der Waals surface area (Å²) < 4.78 is 10.8. The Bertz CT molecular complexity index is 960. The molecule has 3 aromatic rings. The van der Waals surface area contributed by atoms with Gasteiger partial charge in [0.15, 0.2) is 5.82 Å². The van der Waals surface area contributed by atoms with Gasteiger partial charge in [-0.3, -0.25) is 4.79 Å². The summed E-state index contributed by atoms with van der Waals surface area (Å²) in [5, 5.41) is 9.54. The number of hydrogen-bond donors (Lipinski definition) is 1. The summed E-state index contributed by atoms with van der Waals surface area (Å²) in [5.74, 6) is 2.13. The molecule has 0 saturated heterocycles. The van der Waals surface area contributed by atoms with Crippen LogP contribution in [0.5, 0.6) is 5.75 Å². The fourth-order valence-corrected chi connectivity index (χ4v) is 4.28. The van der Waals surface area contributed by atoms with E-state index in [1.165, 1.54) is 24.2 Å². The van der Waals surface area contributed by atoms with Crippen molar-refractivity contribution in [2.45, 2.75) is 51.5 Å². The standard InChI is InChI=1S/C21H24N4O3S/c1-3-27-16-10-8-15(9-11-16)21-23-17(12-29-21)19(26)22-13(2)20-24-18(25-28-20)14-6-4-5-7-14/h8-14H,3-7H2,1-2H3,(H,22,26)/t13-/m1/s1. The van der Waals surface area contributed by atoms with Crippen molar-refractivity contribution in [2.24, 2.45) is 0 Å². The molecule has 1 saturated carbocycles. The Balaban J connectivity index is 1.39. The average molecular weight is 413 g/mol. The fourth-order valence-electron chi connectivity index (χ4n) is 3.48. The molecule has 0 bridgehead atoms. The average Bonchev–Trinajstić information content (AvgIpc) is 3.49. The largest absolute Gasteiger partial charge is 0.494 e. The molecule has 7 nitrogen and oxygen atoms in total. The van der Waals surface area contributed by atoms with E-state index in [0.717, 1.165) is 35.0 Å². The SMILES string of the molecule is CCOc1ccc(-c2nc(C(=O)N[C@H](C)c3nc(C4CCCC4)no3)cs2)cc1. The lowest BCUT2D eigenvalue weighted by atomic mass is 10.1. The first kappa shape index (κ1) is 19.6. The van der Waals surface area contributed by atoms with E-state index in [1.807, 2.05) is 38.1 Å². The number of thiazole rings is 1. The van der Waals surface area contributed by atoms with E-state index >= 15 is 0 Å². The van der Waals surface area contributed by atoms with E-state index in [9.17, 15) is 4.79 Å². The number of nitrogens with one attached hydrogen (secondary N) is 1. The highest BCUT2D eigenvalue weighted by molar-refractivity contribution is 7.13. The number of carbonyl (C=O) groups is 1. The summed E-state index contributed by atoms with van der Waals surface area (Å²) in [5.41, 5.74) is 1.32. The molecule has 0 spiro atoms. The van der Waals surface area contributed by atoms with Gasteiger partial charge in [0.05, 0.1) is 6.61 Å². The van der Waals surface area contributed by atoms with Gasteiger partial charge in [-0.1, -0.05) is 18.0 Å². The third kappa shape index (κ3) is 4.48. The highest BCUT2D eigenvalue weighted by atomic mass is 32.1. The molecular formula is C21H24N4O3S. The maximum atomic E-state index is 12.6. The molecule has 1 N–H and O–H groups in total. The molecule has 1 aliphatic rings. The molecule has 2 aromatic heterocycles. The van der Waals surface area contributed by atoms with Crippen molar-refractivity contribution in [1.29, 1.82) is 0 Å². The van der Waals surface area contributed by atoms with Crippen LogP contribution in [0.25, 0.3) is 10.6 Å². The first-order valence-electron chi connectivity index (χ1n) is 9.97. The summed E-state index contributed by atoms with van der Waals surface area (Å²) in [6.07, 6.45) is 4.63. The highest BCUT2D eigenvalue weighted by Gasteiger charge is 2.25. The smallest absolute Gasteiger partial charge is 0.271 e. The van der Waals surface area contributed by atoms with Crippen LogP contribution in [-0.2, 0) is 0 Å². The summed E-state index contributed by atoms with van der Waals surface area (Å²) in [7, 11) is 0. The first-order valence-corrected chi connectivity index (χ1v) is 10.8. The lowest BCUT2D eigenvalue weighted by Crippen LogP contribution is -2.27. The van der Waals surface area contributed by atoms with Crippen LogP contribution < -0.4 is 10.1 Å². The molecule has 1 amide bonds. The third-order valence-corrected chi connectivity index (χ3v) is 5.94. The zero-order valence-electron chi connectivity index (χ0n) is 16.6. The van der Waals surface area contributed by atoms with Gasteiger partial charge in [0.25, 0.3) is 5.91 Å². The van der Waals surface area contributed by atoms with E-state index in [2.05, 4.69) is 20.4 Å². The molecule has 8 heteroatoms. The molecule has 0 radical (unpaired) electrons. The highest BCUT2D eigenvalue weighted by Crippen LogP contribution is 2.32. The third-order valence-electron chi connectivity index (χ3n) is 5.04. The number of carbonyl (C=O) groups excluding carboxylic acids is 1. The molecule has 2 heterocycles. The van der Waals surface area contributed by atoms with Crippen LogP contribution in [0.2, 0.25) is 0 Å². The van der Waals surface area contributed by atoms with Crippen LogP contribution in [0.15, 0.2) is 34.2 Å². The molecule has 1 atom stereocenters. The van der Waals surface area contributed by atoms with Gasteiger partial charge in [0.1, 0.15) is 22.5 Å². The van der Waals surface area contributed by atoms with Crippen molar-refractivity contribution in [3.8, 4) is 16.3 Å². The number of aromatic nitrogens is 3. The second kappa shape index (κ2) is 8.73. The van der Waals surface area contributed by atoms with Gasteiger partial charge in [-0.05, 0) is 51.0 Å². The molecule has 0 unspecified atom stereocenters. The fraction of sp³-hybridized carbons (Fsp3) is 0.429. The van der Waals surface area contributed by atoms with Crippen molar-refractivity contribution in [3.63, 3.8) is 0 Å². The van der Waals surface area contributed by atoms with Crippen LogP contribution in [0.1, 0.15) is 73.7 Å². The number of rotatable bonds is 7. The molecule has 29 heavy (non-hydrogen) atoms. The Kier molecular flexibility index (Phi) is 5.89. The number of nitrogens with zero attached hydrogens (tertiary/aromatic N) is 3. The topological polar surface area (TPSA) is 90.1 Å². The minimum Gasteiger partial charge on any atom is -0.494 e. The van der Waals surface area contributed by atoms with Crippen molar-refractivity contribution in [3.05, 3.63) is 47.1 Å². The van der Waals surface area contributed by atoms with Gasteiger partial charge < -0.3 is 14.6 Å². The minimum atomic E-state index is -0.374. The van der Waals surface area contributed by atoms with Crippen LogP contribution in [0.3, 0.4) is 0 Å². The van der Waals surface area contributed by atoms with Crippen LogP contribution in [0.4, 0.5) is 0 Å². The van der Waals surface area contributed by atoms with Gasteiger partial charge in [-0.25, -0.2) is 4.98 Å². The summed E-state index contributed by atoms with van der Waals surface area (Å²) >= 11 is 1.43. The summed E-state index contributed by atoms with van der Waals surface area (Å²) in [6.45, 7) is 4.41. The Labute approximate surface area is 173 Å². The molecular weight excluding hydrogens is 388 g/mol. The van der Waals surface area contributed by atoms with E-state index in [-0.39, 0.29) is 11.9 Å². The van der Waals surface area contributed by atoms with Crippen molar-refractivity contribution >= 4 is 17.2 Å². The quantitative estimate of drug-likeness (QED) is 0.603. The van der Waals surface area contributed by atoms with Gasteiger partial charge in [0, 0.05) is 16.9 Å². The molecule has 1 aliphatic carbocycles. The molecule has 152 valence electrons. The molecule has 1 fully saturated rings. The molecule has 4 rings (SSSR count). The Morgan fingerprint density at radius 2 is 2.03 bits per heavy atom. The van der Waals surface area contributed by atoms with E-state index in [0.29, 0.717) is 24.1 Å². The zero-order valence-corrected chi connectivity index (χ0v) is 17.4.